The quantitative estimate of drug-likeness (QED) is 0.557. The molecule has 2 atom stereocenters. The Morgan fingerprint density at radius 3 is 2.79 bits per heavy atom. The number of morpholine rings is 1. The number of ether oxygens (including phenoxy) is 1. The van der Waals surface area contributed by atoms with Crippen molar-refractivity contribution in [2.45, 2.75) is 26.7 Å². The molecular formula is C18H32N4OS. The van der Waals surface area contributed by atoms with E-state index in [9.17, 15) is 0 Å². The first-order valence-electron chi connectivity index (χ1n) is 9.03. The minimum absolute atomic E-state index is 0.492. The minimum Gasteiger partial charge on any atom is -0.379 e. The third kappa shape index (κ3) is 6.79. The third-order valence-corrected chi connectivity index (χ3v) is 4.97. The van der Waals surface area contributed by atoms with Crippen LogP contribution in [-0.4, -0.2) is 63.3 Å². The lowest BCUT2D eigenvalue weighted by Crippen LogP contribution is -2.41. The van der Waals surface area contributed by atoms with E-state index >= 15 is 0 Å². The summed E-state index contributed by atoms with van der Waals surface area (Å²) < 4.78 is 5.41. The summed E-state index contributed by atoms with van der Waals surface area (Å²) in [5.41, 5.74) is 1.39. The Labute approximate surface area is 150 Å². The monoisotopic (exact) mass is 352 g/mol. The Morgan fingerprint density at radius 2 is 2.12 bits per heavy atom. The van der Waals surface area contributed by atoms with E-state index in [0.29, 0.717) is 11.8 Å². The van der Waals surface area contributed by atoms with Gasteiger partial charge in [-0.25, -0.2) is 0 Å². The van der Waals surface area contributed by atoms with Crippen molar-refractivity contribution in [3.05, 3.63) is 22.4 Å². The Bertz CT molecular complexity index is 471. The van der Waals surface area contributed by atoms with Crippen molar-refractivity contribution in [2.24, 2.45) is 10.9 Å². The second-order valence-electron chi connectivity index (χ2n) is 6.58. The van der Waals surface area contributed by atoms with Gasteiger partial charge in [0.25, 0.3) is 0 Å². The number of thiophene rings is 1. The van der Waals surface area contributed by atoms with E-state index in [1.807, 2.05) is 0 Å². The molecule has 0 aromatic carbocycles. The molecule has 136 valence electrons. The van der Waals surface area contributed by atoms with Gasteiger partial charge in [0.05, 0.1) is 13.2 Å². The van der Waals surface area contributed by atoms with E-state index in [1.54, 1.807) is 11.3 Å². The van der Waals surface area contributed by atoms with Gasteiger partial charge in [-0.05, 0) is 41.1 Å². The molecule has 0 amide bonds. The highest BCUT2D eigenvalue weighted by Gasteiger charge is 2.14. The molecule has 0 bridgehead atoms. The van der Waals surface area contributed by atoms with Crippen LogP contribution in [0, 0.1) is 5.92 Å². The van der Waals surface area contributed by atoms with E-state index < -0.39 is 0 Å². The number of aliphatic imine (C=N–C) groups is 1. The van der Waals surface area contributed by atoms with E-state index in [4.69, 9.17) is 9.73 Å². The Kier molecular flexibility index (Phi) is 8.56. The summed E-state index contributed by atoms with van der Waals surface area (Å²) in [5.74, 6) is 1.96. The lowest BCUT2D eigenvalue weighted by atomic mass is 10.1. The second kappa shape index (κ2) is 10.7. The molecule has 1 saturated heterocycles. The molecule has 2 heterocycles. The fraction of sp³-hybridized carbons (Fsp3) is 0.722. The molecule has 1 aromatic heterocycles. The maximum absolute atomic E-state index is 5.41. The molecule has 2 unspecified atom stereocenters. The molecule has 0 radical (unpaired) electrons. The molecular weight excluding hydrogens is 320 g/mol. The van der Waals surface area contributed by atoms with Gasteiger partial charge in [-0.1, -0.05) is 13.8 Å². The van der Waals surface area contributed by atoms with Crippen LogP contribution in [0.4, 0.5) is 0 Å². The summed E-state index contributed by atoms with van der Waals surface area (Å²) in [7, 11) is 0. The van der Waals surface area contributed by atoms with Gasteiger partial charge < -0.3 is 15.4 Å². The second-order valence-corrected chi connectivity index (χ2v) is 7.36. The Morgan fingerprint density at radius 1 is 1.33 bits per heavy atom. The zero-order chi connectivity index (χ0) is 17.2. The van der Waals surface area contributed by atoms with Gasteiger partial charge in [0.1, 0.15) is 0 Å². The average molecular weight is 353 g/mol. The summed E-state index contributed by atoms with van der Waals surface area (Å²) in [6.07, 6.45) is 0. The van der Waals surface area contributed by atoms with Crippen LogP contribution >= 0.6 is 11.3 Å². The van der Waals surface area contributed by atoms with Crippen molar-refractivity contribution in [2.75, 3.05) is 52.5 Å². The first-order chi connectivity index (χ1) is 11.7. The van der Waals surface area contributed by atoms with Crippen LogP contribution in [0.2, 0.25) is 0 Å². The van der Waals surface area contributed by atoms with Crippen LogP contribution in [0.5, 0.6) is 0 Å². The normalized spacial score (nSPS) is 19.0. The molecule has 1 aliphatic rings. The molecule has 0 aliphatic carbocycles. The van der Waals surface area contributed by atoms with Gasteiger partial charge in [-0.2, -0.15) is 11.3 Å². The van der Waals surface area contributed by atoms with Gasteiger partial charge in [0, 0.05) is 39.3 Å². The van der Waals surface area contributed by atoms with Crippen molar-refractivity contribution < 1.29 is 4.74 Å². The standard InChI is InChI=1S/C18H32N4OS/c1-4-19-18(21-12-16(3)17-5-10-24-14-17)20-11-15(2)13-22-6-8-23-9-7-22/h5,10,14-16H,4,6-9,11-13H2,1-3H3,(H2,19,20,21). The molecule has 0 saturated carbocycles. The number of hydrogen-bond acceptors (Lipinski definition) is 4. The van der Waals surface area contributed by atoms with Crippen LogP contribution < -0.4 is 10.6 Å². The maximum atomic E-state index is 5.41. The minimum atomic E-state index is 0.492. The van der Waals surface area contributed by atoms with Crippen LogP contribution in [0.25, 0.3) is 0 Å². The third-order valence-electron chi connectivity index (χ3n) is 4.27. The first kappa shape index (κ1) is 19.2. The molecule has 1 fully saturated rings. The van der Waals surface area contributed by atoms with Crippen LogP contribution in [0.15, 0.2) is 21.8 Å². The Hall–Kier alpha value is -1.11. The summed E-state index contributed by atoms with van der Waals surface area (Å²) in [6, 6.07) is 2.20. The van der Waals surface area contributed by atoms with Crippen molar-refractivity contribution in [3.63, 3.8) is 0 Å². The van der Waals surface area contributed by atoms with E-state index in [0.717, 1.165) is 58.4 Å². The van der Waals surface area contributed by atoms with Crippen LogP contribution in [0.1, 0.15) is 32.3 Å². The Balaban J connectivity index is 1.76. The molecule has 2 rings (SSSR count). The van der Waals surface area contributed by atoms with Crippen molar-refractivity contribution in [3.8, 4) is 0 Å². The fourth-order valence-corrected chi connectivity index (χ4v) is 3.58. The number of guanidine groups is 1. The molecule has 24 heavy (non-hydrogen) atoms. The van der Waals surface area contributed by atoms with Crippen molar-refractivity contribution >= 4 is 17.3 Å². The number of nitrogens with one attached hydrogen (secondary N) is 2. The lowest BCUT2D eigenvalue weighted by molar-refractivity contribution is 0.0323. The van der Waals surface area contributed by atoms with Gasteiger partial charge in [-0.3, -0.25) is 9.89 Å². The van der Waals surface area contributed by atoms with Gasteiger partial charge >= 0.3 is 0 Å². The zero-order valence-electron chi connectivity index (χ0n) is 15.3. The van der Waals surface area contributed by atoms with E-state index in [1.165, 1.54) is 5.56 Å². The molecule has 1 aliphatic heterocycles. The van der Waals surface area contributed by atoms with Crippen LogP contribution in [0.3, 0.4) is 0 Å². The number of rotatable bonds is 8. The number of hydrogen-bond donors (Lipinski definition) is 2. The predicted molar refractivity (Wildman–Crippen MR) is 103 cm³/mol. The van der Waals surface area contributed by atoms with Gasteiger partial charge in [0.2, 0.25) is 0 Å². The highest BCUT2D eigenvalue weighted by Crippen LogP contribution is 2.17. The SMILES string of the molecule is CCNC(=NCC(C)CN1CCOCC1)NCC(C)c1ccsc1. The first-order valence-corrected chi connectivity index (χ1v) is 9.97. The predicted octanol–water partition coefficient (Wildman–Crippen LogP) is 2.38. The number of nitrogens with zero attached hydrogens (tertiary/aromatic N) is 2. The summed E-state index contributed by atoms with van der Waals surface area (Å²) in [6.45, 7) is 14.2. The molecule has 5 nitrogen and oxygen atoms in total. The fourth-order valence-electron chi connectivity index (χ4n) is 2.79. The van der Waals surface area contributed by atoms with E-state index in [2.05, 4.69) is 53.1 Å². The van der Waals surface area contributed by atoms with Gasteiger partial charge in [0.15, 0.2) is 5.96 Å². The smallest absolute Gasteiger partial charge is 0.191 e. The van der Waals surface area contributed by atoms with Crippen LogP contribution in [-0.2, 0) is 4.74 Å². The van der Waals surface area contributed by atoms with Gasteiger partial charge in [-0.15, -0.1) is 0 Å². The highest BCUT2D eigenvalue weighted by molar-refractivity contribution is 7.07. The molecule has 2 N–H and O–H groups in total. The zero-order valence-corrected chi connectivity index (χ0v) is 16.1. The largest absolute Gasteiger partial charge is 0.379 e. The molecule has 1 aromatic rings. The van der Waals surface area contributed by atoms with E-state index in [-0.39, 0.29) is 0 Å². The lowest BCUT2D eigenvalue weighted by Gasteiger charge is -2.28. The van der Waals surface area contributed by atoms with Crippen molar-refractivity contribution in [1.82, 2.24) is 15.5 Å². The molecule has 6 heteroatoms. The summed E-state index contributed by atoms with van der Waals surface area (Å²) in [4.78, 5) is 7.25. The highest BCUT2D eigenvalue weighted by atomic mass is 32.1. The average Bonchev–Trinajstić information content (AvgIpc) is 3.12. The summed E-state index contributed by atoms with van der Waals surface area (Å²) in [5, 5.41) is 11.2. The maximum Gasteiger partial charge on any atom is 0.191 e. The molecule has 0 spiro atoms. The summed E-state index contributed by atoms with van der Waals surface area (Å²) >= 11 is 1.76. The topological polar surface area (TPSA) is 48.9 Å². The van der Waals surface area contributed by atoms with Crippen molar-refractivity contribution in [1.29, 1.82) is 0 Å².